The molecule has 0 bridgehead atoms. The number of nitrogens with one attached hydrogen (secondary N) is 1. The Hall–Kier alpha value is -2.49. The lowest BCUT2D eigenvalue weighted by Crippen LogP contribution is -2.33. The van der Waals surface area contributed by atoms with Gasteiger partial charge in [0.15, 0.2) is 0 Å². The highest BCUT2D eigenvalue weighted by molar-refractivity contribution is 5.67. The van der Waals surface area contributed by atoms with Crippen LogP contribution in [0.1, 0.15) is 52.5 Å². The van der Waals surface area contributed by atoms with E-state index in [2.05, 4.69) is 49.5 Å². The highest BCUT2D eigenvalue weighted by Gasteiger charge is 2.15. The van der Waals surface area contributed by atoms with Crippen LogP contribution < -0.4 is 10.1 Å². The number of carbonyl (C=O) groups is 1. The van der Waals surface area contributed by atoms with Gasteiger partial charge in [0.05, 0.1) is 6.61 Å². The van der Waals surface area contributed by atoms with Gasteiger partial charge in [0, 0.05) is 6.54 Å². The molecule has 0 aliphatic heterocycles. The predicted molar refractivity (Wildman–Crippen MR) is 110 cm³/mol. The van der Waals surface area contributed by atoms with Crippen molar-refractivity contribution in [2.24, 2.45) is 0 Å². The van der Waals surface area contributed by atoms with E-state index in [0.717, 1.165) is 11.3 Å². The molecule has 2 aromatic rings. The summed E-state index contributed by atoms with van der Waals surface area (Å²) in [6.07, 6.45) is 0.321. The van der Waals surface area contributed by atoms with Crippen LogP contribution in [0.5, 0.6) is 5.75 Å². The standard InChI is InChI=1S/C23H31NO3/c1-17(2)19-14-20(18-10-7-6-8-11-18)16-21(15-19)26-13-9-12-24-22(25)27-23(3,4)5/h6-8,10-11,14-17H,9,12-13H2,1-5H3,(H,24,25). The summed E-state index contributed by atoms with van der Waals surface area (Å²) in [7, 11) is 0. The Morgan fingerprint density at radius 3 is 2.37 bits per heavy atom. The van der Waals surface area contributed by atoms with Crippen molar-refractivity contribution in [3.63, 3.8) is 0 Å². The minimum Gasteiger partial charge on any atom is -0.493 e. The van der Waals surface area contributed by atoms with Crippen molar-refractivity contribution in [1.29, 1.82) is 0 Å². The van der Waals surface area contributed by atoms with E-state index in [1.807, 2.05) is 39.0 Å². The summed E-state index contributed by atoms with van der Waals surface area (Å²) in [5.74, 6) is 1.28. The third-order valence-corrected chi connectivity index (χ3v) is 3.96. The molecule has 0 unspecified atom stereocenters. The molecule has 0 heterocycles. The Balaban J connectivity index is 1.92. The number of rotatable bonds is 7. The van der Waals surface area contributed by atoms with Crippen LogP contribution in [0, 0.1) is 0 Å². The fourth-order valence-electron chi connectivity index (χ4n) is 2.60. The molecule has 0 saturated carbocycles. The second-order valence-electron chi connectivity index (χ2n) is 7.94. The van der Waals surface area contributed by atoms with Gasteiger partial charge in [-0.05, 0) is 61.9 Å². The molecule has 0 aromatic heterocycles. The Morgan fingerprint density at radius 2 is 1.74 bits per heavy atom. The molecule has 27 heavy (non-hydrogen) atoms. The zero-order chi connectivity index (χ0) is 19.9. The second-order valence-corrected chi connectivity index (χ2v) is 7.94. The molecule has 0 aliphatic carbocycles. The van der Waals surface area contributed by atoms with Crippen LogP contribution >= 0.6 is 0 Å². The second kappa shape index (κ2) is 9.45. The van der Waals surface area contributed by atoms with Gasteiger partial charge in [0.2, 0.25) is 0 Å². The molecule has 2 aromatic carbocycles. The number of amides is 1. The number of alkyl carbamates (subject to hydrolysis) is 1. The first-order valence-electron chi connectivity index (χ1n) is 9.54. The van der Waals surface area contributed by atoms with E-state index in [-0.39, 0.29) is 0 Å². The SMILES string of the molecule is CC(C)c1cc(OCCCNC(=O)OC(C)(C)C)cc(-c2ccccc2)c1. The predicted octanol–water partition coefficient (Wildman–Crippen LogP) is 5.77. The van der Waals surface area contributed by atoms with E-state index in [1.54, 1.807) is 0 Å². The summed E-state index contributed by atoms with van der Waals surface area (Å²) in [6, 6.07) is 16.7. The zero-order valence-electron chi connectivity index (χ0n) is 17.0. The fraction of sp³-hybridized carbons (Fsp3) is 0.435. The third-order valence-electron chi connectivity index (χ3n) is 3.96. The first kappa shape index (κ1) is 20.8. The number of carbonyl (C=O) groups excluding carboxylic acids is 1. The number of benzene rings is 2. The minimum atomic E-state index is -0.480. The first-order valence-corrected chi connectivity index (χ1v) is 9.54. The number of ether oxygens (including phenoxy) is 2. The molecule has 0 fully saturated rings. The Bertz CT molecular complexity index is 733. The van der Waals surface area contributed by atoms with Gasteiger partial charge < -0.3 is 14.8 Å². The van der Waals surface area contributed by atoms with Crippen molar-refractivity contribution in [3.05, 3.63) is 54.1 Å². The lowest BCUT2D eigenvalue weighted by Gasteiger charge is -2.19. The van der Waals surface area contributed by atoms with Crippen molar-refractivity contribution >= 4 is 6.09 Å². The molecule has 0 saturated heterocycles. The monoisotopic (exact) mass is 369 g/mol. The maximum absolute atomic E-state index is 11.6. The number of hydrogen-bond donors (Lipinski definition) is 1. The maximum Gasteiger partial charge on any atom is 0.407 e. The van der Waals surface area contributed by atoms with Crippen molar-refractivity contribution in [1.82, 2.24) is 5.32 Å². The minimum absolute atomic E-state index is 0.393. The summed E-state index contributed by atoms with van der Waals surface area (Å²) in [4.78, 5) is 11.6. The molecular weight excluding hydrogens is 338 g/mol. The smallest absolute Gasteiger partial charge is 0.407 e. The molecule has 4 heteroatoms. The molecule has 0 aliphatic rings. The molecule has 4 nitrogen and oxygen atoms in total. The topological polar surface area (TPSA) is 47.6 Å². The zero-order valence-corrected chi connectivity index (χ0v) is 17.0. The van der Waals surface area contributed by atoms with Crippen LogP contribution in [0.3, 0.4) is 0 Å². The van der Waals surface area contributed by atoms with E-state index in [0.29, 0.717) is 25.5 Å². The van der Waals surface area contributed by atoms with Crippen LogP contribution in [-0.2, 0) is 4.74 Å². The Labute approximate surface area is 162 Å². The molecule has 2 rings (SSSR count). The average Bonchev–Trinajstić information content (AvgIpc) is 2.60. The summed E-state index contributed by atoms with van der Waals surface area (Å²) in [5.41, 5.74) is 3.10. The molecule has 0 radical (unpaired) electrons. The van der Waals surface area contributed by atoms with Gasteiger partial charge in [-0.15, -0.1) is 0 Å². The van der Waals surface area contributed by atoms with Gasteiger partial charge in [0.25, 0.3) is 0 Å². The van der Waals surface area contributed by atoms with Crippen molar-refractivity contribution in [2.45, 2.75) is 52.6 Å². The largest absolute Gasteiger partial charge is 0.493 e. The van der Waals surface area contributed by atoms with Gasteiger partial charge in [-0.25, -0.2) is 4.79 Å². The lowest BCUT2D eigenvalue weighted by molar-refractivity contribution is 0.0525. The van der Waals surface area contributed by atoms with Crippen LogP contribution in [0.15, 0.2) is 48.5 Å². The fourth-order valence-corrected chi connectivity index (χ4v) is 2.60. The van der Waals surface area contributed by atoms with E-state index >= 15 is 0 Å². The first-order chi connectivity index (χ1) is 12.7. The number of hydrogen-bond acceptors (Lipinski definition) is 3. The van der Waals surface area contributed by atoms with Crippen LogP contribution in [0.2, 0.25) is 0 Å². The van der Waals surface area contributed by atoms with Crippen molar-refractivity contribution in [2.75, 3.05) is 13.2 Å². The van der Waals surface area contributed by atoms with Gasteiger partial charge >= 0.3 is 6.09 Å². The molecule has 1 amide bonds. The summed E-state index contributed by atoms with van der Waals surface area (Å²) in [5, 5.41) is 2.75. The van der Waals surface area contributed by atoms with E-state index < -0.39 is 11.7 Å². The lowest BCUT2D eigenvalue weighted by atomic mass is 9.97. The molecule has 1 N–H and O–H groups in total. The van der Waals surface area contributed by atoms with Gasteiger partial charge in [-0.3, -0.25) is 0 Å². The van der Waals surface area contributed by atoms with Gasteiger partial charge in [0.1, 0.15) is 11.4 Å². The van der Waals surface area contributed by atoms with E-state index in [4.69, 9.17) is 9.47 Å². The van der Waals surface area contributed by atoms with Crippen LogP contribution in [0.25, 0.3) is 11.1 Å². The van der Waals surface area contributed by atoms with Gasteiger partial charge in [-0.2, -0.15) is 0 Å². The Morgan fingerprint density at radius 1 is 1.04 bits per heavy atom. The third kappa shape index (κ3) is 7.33. The van der Waals surface area contributed by atoms with Crippen LogP contribution in [0.4, 0.5) is 4.79 Å². The highest BCUT2D eigenvalue weighted by Crippen LogP contribution is 2.29. The summed E-state index contributed by atoms with van der Waals surface area (Å²) >= 11 is 0. The van der Waals surface area contributed by atoms with E-state index in [9.17, 15) is 4.79 Å². The maximum atomic E-state index is 11.6. The summed E-state index contributed by atoms with van der Waals surface area (Å²) < 4.78 is 11.2. The highest BCUT2D eigenvalue weighted by atomic mass is 16.6. The normalized spacial score (nSPS) is 11.3. The quantitative estimate of drug-likeness (QED) is 0.630. The van der Waals surface area contributed by atoms with Crippen LogP contribution in [-0.4, -0.2) is 24.8 Å². The molecule has 0 atom stereocenters. The molecule has 0 spiro atoms. The van der Waals surface area contributed by atoms with E-state index in [1.165, 1.54) is 11.1 Å². The molecule has 146 valence electrons. The Kier molecular flexibility index (Phi) is 7.28. The van der Waals surface area contributed by atoms with Crippen molar-refractivity contribution < 1.29 is 14.3 Å². The molecular formula is C23H31NO3. The van der Waals surface area contributed by atoms with Crippen molar-refractivity contribution in [3.8, 4) is 16.9 Å². The summed E-state index contributed by atoms with van der Waals surface area (Å²) in [6.45, 7) is 11.0. The average molecular weight is 370 g/mol. The van der Waals surface area contributed by atoms with Gasteiger partial charge in [-0.1, -0.05) is 50.2 Å².